The summed E-state index contributed by atoms with van der Waals surface area (Å²) in [6, 6.07) is 7.48. The molecule has 0 spiro atoms. The second-order valence-corrected chi connectivity index (χ2v) is 3.98. The molecule has 0 fully saturated rings. The lowest BCUT2D eigenvalue weighted by atomic mass is 10.3. The predicted molar refractivity (Wildman–Crippen MR) is 71.1 cm³/mol. The predicted octanol–water partition coefficient (Wildman–Crippen LogP) is 1.31. The molecule has 2 aromatic heterocycles. The number of carbonyl (C=O) groups is 1. The quantitative estimate of drug-likeness (QED) is 0.719. The minimum absolute atomic E-state index is 0.381. The molecule has 0 unspecified atom stereocenters. The number of carboxylic acids is 1. The van der Waals surface area contributed by atoms with Gasteiger partial charge in [0.05, 0.1) is 5.52 Å². The Morgan fingerprint density at radius 2 is 1.95 bits per heavy atom. The van der Waals surface area contributed by atoms with Crippen LogP contribution in [-0.4, -0.2) is 36.0 Å². The highest BCUT2D eigenvalue weighted by Gasteiger charge is 2.07. The zero-order chi connectivity index (χ0) is 13.9. The number of nitrogens with zero attached hydrogens (tertiary/aromatic N) is 5. The fourth-order valence-corrected chi connectivity index (χ4v) is 1.71. The van der Waals surface area contributed by atoms with Gasteiger partial charge in [0.25, 0.3) is 5.95 Å². The van der Waals surface area contributed by atoms with Crippen molar-refractivity contribution in [2.45, 2.75) is 0 Å². The largest absolute Gasteiger partial charge is 0.478 e. The van der Waals surface area contributed by atoms with Crippen molar-refractivity contribution in [3.63, 3.8) is 0 Å². The van der Waals surface area contributed by atoms with Crippen LogP contribution in [0.4, 0.5) is 0 Å². The van der Waals surface area contributed by atoms with Gasteiger partial charge in [0.1, 0.15) is 5.52 Å². The fourth-order valence-electron chi connectivity index (χ4n) is 1.71. The van der Waals surface area contributed by atoms with Crippen molar-refractivity contribution in [1.82, 2.24) is 25.0 Å². The lowest BCUT2D eigenvalue weighted by Gasteiger charge is -1.99. The number of aromatic nitrogens is 5. The summed E-state index contributed by atoms with van der Waals surface area (Å²) in [6.45, 7) is 0. The molecular formula is C13H9N5O2. The zero-order valence-corrected chi connectivity index (χ0v) is 10.2. The molecule has 0 radical (unpaired) electrons. The maximum Gasteiger partial charge on any atom is 0.328 e. The van der Waals surface area contributed by atoms with Crippen LogP contribution in [0.5, 0.6) is 0 Å². The van der Waals surface area contributed by atoms with Crippen molar-refractivity contribution in [3.8, 4) is 5.95 Å². The van der Waals surface area contributed by atoms with Crippen LogP contribution < -0.4 is 0 Å². The van der Waals surface area contributed by atoms with Crippen molar-refractivity contribution in [3.05, 3.63) is 48.3 Å². The molecule has 0 saturated carbocycles. The summed E-state index contributed by atoms with van der Waals surface area (Å²) in [6.07, 6.45) is 5.51. The van der Waals surface area contributed by atoms with Gasteiger partial charge >= 0.3 is 5.97 Å². The van der Waals surface area contributed by atoms with Crippen LogP contribution in [0.15, 0.2) is 42.7 Å². The van der Waals surface area contributed by atoms with Crippen molar-refractivity contribution in [1.29, 1.82) is 0 Å². The molecule has 7 nitrogen and oxygen atoms in total. The molecule has 7 heteroatoms. The van der Waals surface area contributed by atoms with Crippen molar-refractivity contribution >= 4 is 23.1 Å². The van der Waals surface area contributed by atoms with E-state index in [0.717, 1.165) is 17.1 Å². The summed E-state index contributed by atoms with van der Waals surface area (Å²) < 4.78 is 1.53. The van der Waals surface area contributed by atoms with Gasteiger partial charge in [0, 0.05) is 24.0 Å². The monoisotopic (exact) mass is 267 g/mol. The molecule has 2 heterocycles. The first kappa shape index (κ1) is 12.0. The van der Waals surface area contributed by atoms with Crippen LogP contribution in [0, 0.1) is 0 Å². The first-order valence-corrected chi connectivity index (χ1v) is 5.78. The molecule has 1 aromatic carbocycles. The van der Waals surface area contributed by atoms with Crippen LogP contribution in [0.2, 0.25) is 0 Å². The Kier molecular flexibility index (Phi) is 2.92. The summed E-state index contributed by atoms with van der Waals surface area (Å²) in [5.74, 6) is -0.637. The van der Waals surface area contributed by atoms with Crippen LogP contribution in [0.1, 0.15) is 5.56 Å². The standard InChI is InChI=1S/C13H9N5O2/c19-12(20)6-5-9-7-14-13(15-8-9)18-11-4-2-1-3-10(11)16-17-18/h1-8H,(H,19,20)/b6-5+. The van der Waals surface area contributed by atoms with E-state index in [1.165, 1.54) is 23.2 Å². The third-order valence-corrected chi connectivity index (χ3v) is 2.62. The minimum atomic E-state index is -1.02. The highest BCUT2D eigenvalue weighted by atomic mass is 16.4. The number of aliphatic carboxylic acids is 1. The average molecular weight is 267 g/mol. The Bertz CT molecular complexity index is 792. The van der Waals surface area contributed by atoms with Gasteiger partial charge in [-0.05, 0) is 18.2 Å². The van der Waals surface area contributed by atoms with Crippen molar-refractivity contribution in [2.24, 2.45) is 0 Å². The number of fused-ring (bicyclic) bond motifs is 1. The van der Waals surface area contributed by atoms with Gasteiger partial charge in [-0.15, -0.1) is 5.10 Å². The molecule has 0 aliphatic rings. The van der Waals surface area contributed by atoms with E-state index in [1.54, 1.807) is 0 Å². The van der Waals surface area contributed by atoms with Crippen LogP contribution in [0.3, 0.4) is 0 Å². The van der Waals surface area contributed by atoms with Crippen LogP contribution in [-0.2, 0) is 4.79 Å². The van der Waals surface area contributed by atoms with Crippen LogP contribution >= 0.6 is 0 Å². The van der Waals surface area contributed by atoms with Gasteiger partial charge in [-0.1, -0.05) is 17.3 Å². The Morgan fingerprint density at radius 1 is 1.20 bits per heavy atom. The molecule has 98 valence electrons. The van der Waals surface area contributed by atoms with Crippen molar-refractivity contribution in [2.75, 3.05) is 0 Å². The second kappa shape index (κ2) is 4.88. The Balaban J connectivity index is 1.97. The maximum absolute atomic E-state index is 10.4. The number of benzene rings is 1. The van der Waals surface area contributed by atoms with Gasteiger partial charge in [-0.25, -0.2) is 14.8 Å². The maximum atomic E-state index is 10.4. The molecule has 1 N–H and O–H groups in total. The first-order chi connectivity index (χ1) is 9.74. The van der Waals surface area contributed by atoms with E-state index >= 15 is 0 Å². The number of rotatable bonds is 3. The number of para-hydroxylation sites is 1. The van der Waals surface area contributed by atoms with E-state index < -0.39 is 5.97 Å². The van der Waals surface area contributed by atoms with E-state index in [4.69, 9.17) is 5.11 Å². The van der Waals surface area contributed by atoms with Crippen LogP contribution in [0.25, 0.3) is 23.1 Å². The SMILES string of the molecule is O=C(O)/C=C/c1cnc(-n2nnc3ccccc32)nc1. The number of hydrogen-bond donors (Lipinski definition) is 1. The molecule has 0 aliphatic carbocycles. The van der Waals surface area contributed by atoms with E-state index in [9.17, 15) is 4.79 Å². The second-order valence-electron chi connectivity index (χ2n) is 3.98. The molecular weight excluding hydrogens is 258 g/mol. The number of hydrogen-bond acceptors (Lipinski definition) is 5. The summed E-state index contributed by atoms with van der Waals surface area (Å²) in [5.41, 5.74) is 2.16. The van der Waals surface area contributed by atoms with Crippen molar-refractivity contribution < 1.29 is 9.90 Å². The zero-order valence-electron chi connectivity index (χ0n) is 10.2. The number of carboxylic acid groups (broad SMARTS) is 1. The Hall–Kier alpha value is -3.09. The van der Waals surface area contributed by atoms with Gasteiger partial charge in [0.2, 0.25) is 0 Å². The van der Waals surface area contributed by atoms with Gasteiger partial charge in [0.15, 0.2) is 0 Å². The average Bonchev–Trinajstić information content (AvgIpc) is 2.89. The smallest absolute Gasteiger partial charge is 0.328 e. The third-order valence-electron chi connectivity index (χ3n) is 2.62. The normalized spacial score (nSPS) is 11.2. The molecule has 0 saturated heterocycles. The lowest BCUT2D eigenvalue weighted by molar-refractivity contribution is -0.131. The summed E-state index contributed by atoms with van der Waals surface area (Å²) in [7, 11) is 0. The highest BCUT2D eigenvalue weighted by molar-refractivity contribution is 5.85. The summed E-state index contributed by atoms with van der Waals surface area (Å²) in [5, 5.41) is 16.6. The summed E-state index contributed by atoms with van der Waals surface area (Å²) >= 11 is 0. The lowest BCUT2D eigenvalue weighted by Crippen LogP contribution is -2.02. The Labute approximate surface area is 113 Å². The van der Waals surface area contributed by atoms with E-state index in [-0.39, 0.29) is 0 Å². The highest BCUT2D eigenvalue weighted by Crippen LogP contribution is 2.12. The molecule has 0 bridgehead atoms. The Morgan fingerprint density at radius 3 is 2.70 bits per heavy atom. The molecule has 0 aliphatic heterocycles. The summed E-state index contributed by atoms with van der Waals surface area (Å²) in [4.78, 5) is 18.7. The fraction of sp³-hybridized carbons (Fsp3) is 0. The first-order valence-electron chi connectivity index (χ1n) is 5.78. The molecule has 20 heavy (non-hydrogen) atoms. The van der Waals surface area contributed by atoms with Gasteiger partial charge < -0.3 is 5.11 Å². The van der Waals surface area contributed by atoms with E-state index in [1.807, 2.05) is 24.3 Å². The molecule has 3 aromatic rings. The molecule has 3 rings (SSSR count). The third kappa shape index (κ3) is 2.24. The molecule has 0 atom stereocenters. The minimum Gasteiger partial charge on any atom is -0.478 e. The van der Waals surface area contributed by atoms with Gasteiger partial charge in [-0.2, -0.15) is 4.68 Å². The van der Waals surface area contributed by atoms with E-state index in [2.05, 4.69) is 20.3 Å². The molecule has 0 amide bonds. The topological polar surface area (TPSA) is 93.8 Å². The van der Waals surface area contributed by atoms with E-state index in [0.29, 0.717) is 11.5 Å². The van der Waals surface area contributed by atoms with Gasteiger partial charge in [-0.3, -0.25) is 0 Å².